The smallest absolute Gasteiger partial charge is 0.260 e. The molecule has 3 rings (SSSR count). The minimum atomic E-state index is -3.48. The van der Waals surface area contributed by atoms with Gasteiger partial charge < -0.3 is 14.4 Å². The van der Waals surface area contributed by atoms with Crippen molar-refractivity contribution in [3.05, 3.63) is 53.6 Å². The van der Waals surface area contributed by atoms with E-state index >= 15 is 0 Å². The van der Waals surface area contributed by atoms with Crippen molar-refractivity contribution in [3.8, 4) is 11.5 Å². The minimum Gasteiger partial charge on any atom is -0.493 e. The monoisotopic (exact) mass is 395 g/mol. The van der Waals surface area contributed by atoms with Crippen LogP contribution in [-0.4, -0.2) is 51.3 Å². The molecular weight excluding hydrogens is 378 g/mol. The number of rotatable bonds is 6. The molecule has 0 radical (unpaired) electrons. The van der Waals surface area contributed by atoms with Gasteiger partial charge in [-0.15, -0.1) is 0 Å². The number of likely N-dealkylation sites (tertiary alicyclic amines) is 1. The van der Waals surface area contributed by atoms with Crippen molar-refractivity contribution < 1.29 is 22.7 Å². The van der Waals surface area contributed by atoms with E-state index in [-0.39, 0.29) is 30.5 Å². The zero-order valence-electron chi connectivity index (χ0n) is 14.1. The van der Waals surface area contributed by atoms with Gasteiger partial charge in [-0.2, -0.15) is 0 Å². The number of benzene rings is 2. The fourth-order valence-electron chi connectivity index (χ4n) is 2.62. The van der Waals surface area contributed by atoms with Crippen LogP contribution in [0.25, 0.3) is 0 Å². The molecule has 6 nitrogen and oxygen atoms in total. The Morgan fingerprint density at radius 3 is 2.35 bits per heavy atom. The highest BCUT2D eigenvalue weighted by atomic mass is 35.5. The molecule has 1 aliphatic heterocycles. The predicted molar refractivity (Wildman–Crippen MR) is 97.5 cm³/mol. The summed E-state index contributed by atoms with van der Waals surface area (Å²) in [6.45, 7) is 0.131. The number of sulfone groups is 1. The van der Waals surface area contributed by atoms with Crippen molar-refractivity contribution in [2.24, 2.45) is 0 Å². The van der Waals surface area contributed by atoms with Gasteiger partial charge in [0, 0.05) is 18.1 Å². The Kier molecular flexibility index (Phi) is 5.38. The number of nitrogens with zero attached hydrogens (tertiary/aromatic N) is 1. The van der Waals surface area contributed by atoms with Gasteiger partial charge in [0.1, 0.15) is 5.25 Å². The maximum atomic E-state index is 12.5. The predicted octanol–water partition coefficient (Wildman–Crippen LogP) is 2.41. The summed E-state index contributed by atoms with van der Waals surface area (Å²) in [5, 5.41) is -0.137. The van der Waals surface area contributed by atoms with E-state index in [1.807, 2.05) is 0 Å². The van der Waals surface area contributed by atoms with Gasteiger partial charge in [-0.25, -0.2) is 8.42 Å². The fraction of sp³-hybridized carbons (Fsp3) is 0.278. The first kappa shape index (κ1) is 18.5. The van der Waals surface area contributed by atoms with Crippen molar-refractivity contribution in [1.29, 1.82) is 0 Å². The second kappa shape index (κ2) is 7.55. The summed E-state index contributed by atoms with van der Waals surface area (Å²) >= 11 is 5.79. The molecule has 1 fully saturated rings. The van der Waals surface area contributed by atoms with Crippen molar-refractivity contribution in [2.75, 3.05) is 26.8 Å². The Balaban J connectivity index is 1.56. The first-order chi connectivity index (χ1) is 12.4. The lowest BCUT2D eigenvalue weighted by molar-refractivity contribution is -0.136. The molecule has 138 valence electrons. The van der Waals surface area contributed by atoms with E-state index in [4.69, 9.17) is 21.1 Å². The van der Waals surface area contributed by atoms with E-state index in [0.717, 1.165) is 0 Å². The minimum absolute atomic E-state index is 0.152. The number of para-hydroxylation sites is 2. The van der Waals surface area contributed by atoms with E-state index in [0.29, 0.717) is 16.5 Å². The third kappa shape index (κ3) is 3.78. The number of hydrogen-bond donors (Lipinski definition) is 0. The lowest BCUT2D eigenvalue weighted by atomic mass is 10.2. The summed E-state index contributed by atoms with van der Waals surface area (Å²) in [5.41, 5.74) is 0. The van der Waals surface area contributed by atoms with Crippen molar-refractivity contribution in [2.45, 2.75) is 10.1 Å². The van der Waals surface area contributed by atoms with Crippen LogP contribution < -0.4 is 9.47 Å². The van der Waals surface area contributed by atoms with Crippen molar-refractivity contribution >= 4 is 27.3 Å². The molecule has 1 saturated heterocycles. The largest absolute Gasteiger partial charge is 0.493 e. The van der Waals surface area contributed by atoms with Gasteiger partial charge in [0.2, 0.25) is 0 Å². The molecule has 2 aromatic carbocycles. The fourth-order valence-corrected chi connectivity index (χ4v) is 4.40. The number of carbonyl (C=O) groups is 1. The molecule has 0 saturated carbocycles. The average Bonchev–Trinajstić information content (AvgIpc) is 2.59. The summed E-state index contributed by atoms with van der Waals surface area (Å²) in [7, 11) is -1.96. The van der Waals surface area contributed by atoms with Gasteiger partial charge in [0.25, 0.3) is 5.91 Å². The Morgan fingerprint density at radius 2 is 1.73 bits per heavy atom. The average molecular weight is 396 g/mol. The highest BCUT2D eigenvalue weighted by Gasteiger charge is 2.40. The van der Waals surface area contributed by atoms with Crippen LogP contribution >= 0.6 is 11.6 Å². The number of amides is 1. The first-order valence-corrected chi connectivity index (χ1v) is 9.87. The summed E-state index contributed by atoms with van der Waals surface area (Å²) in [6.07, 6.45) is 0. The molecule has 0 aromatic heterocycles. The van der Waals surface area contributed by atoms with Gasteiger partial charge in [-0.1, -0.05) is 23.7 Å². The molecule has 0 N–H and O–H groups in total. The van der Waals surface area contributed by atoms with Crippen LogP contribution in [0.2, 0.25) is 5.02 Å². The molecule has 0 spiro atoms. The highest BCUT2D eigenvalue weighted by Crippen LogP contribution is 2.27. The second-order valence-electron chi connectivity index (χ2n) is 5.86. The van der Waals surface area contributed by atoms with Crippen LogP contribution in [-0.2, 0) is 14.6 Å². The normalized spacial score (nSPS) is 14.6. The standard InChI is InChI=1S/C18H18ClNO5S/c1-24-16-4-2-3-5-17(16)25-12-18(21)20-10-15(11-20)26(22,23)14-8-6-13(19)7-9-14/h2-9,15H,10-12H2,1H3. The van der Waals surface area contributed by atoms with E-state index in [1.165, 1.54) is 36.3 Å². The zero-order valence-corrected chi connectivity index (χ0v) is 15.7. The topological polar surface area (TPSA) is 72.9 Å². The molecule has 1 aliphatic rings. The quantitative estimate of drug-likeness (QED) is 0.751. The van der Waals surface area contributed by atoms with Crippen molar-refractivity contribution in [3.63, 3.8) is 0 Å². The number of carbonyl (C=O) groups excluding carboxylic acids is 1. The summed E-state index contributed by atoms with van der Waals surface area (Å²) in [6, 6.07) is 13.1. The lowest BCUT2D eigenvalue weighted by Crippen LogP contribution is -2.57. The highest BCUT2D eigenvalue weighted by molar-refractivity contribution is 7.92. The molecular formula is C18H18ClNO5S. The van der Waals surface area contributed by atoms with Gasteiger partial charge in [-0.3, -0.25) is 4.79 Å². The van der Waals surface area contributed by atoms with Crippen LogP contribution in [0.15, 0.2) is 53.4 Å². The van der Waals surface area contributed by atoms with E-state index in [2.05, 4.69) is 0 Å². The third-order valence-electron chi connectivity index (χ3n) is 4.20. The van der Waals surface area contributed by atoms with Gasteiger partial charge in [0.05, 0.1) is 12.0 Å². The second-order valence-corrected chi connectivity index (χ2v) is 8.52. The van der Waals surface area contributed by atoms with Crippen LogP contribution in [0.1, 0.15) is 0 Å². The number of methoxy groups -OCH3 is 1. The molecule has 8 heteroatoms. The SMILES string of the molecule is COc1ccccc1OCC(=O)N1CC(S(=O)(=O)c2ccc(Cl)cc2)C1. The van der Waals surface area contributed by atoms with Crippen molar-refractivity contribution in [1.82, 2.24) is 4.90 Å². The lowest BCUT2D eigenvalue weighted by Gasteiger charge is -2.38. The number of hydrogen-bond acceptors (Lipinski definition) is 5. The van der Waals surface area contributed by atoms with E-state index in [1.54, 1.807) is 24.3 Å². The molecule has 0 aliphatic carbocycles. The Bertz CT molecular complexity index is 892. The summed E-state index contributed by atoms with van der Waals surface area (Å²) < 4.78 is 35.7. The van der Waals surface area contributed by atoms with Gasteiger partial charge >= 0.3 is 0 Å². The Morgan fingerprint density at radius 1 is 1.12 bits per heavy atom. The Labute approximate surface area is 157 Å². The van der Waals surface area contributed by atoms with E-state index in [9.17, 15) is 13.2 Å². The molecule has 0 unspecified atom stereocenters. The van der Waals surface area contributed by atoms with Crippen LogP contribution in [0.4, 0.5) is 0 Å². The summed E-state index contributed by atoms with van der Waals surface area (Å²) in [5.74, 6) is 0.736. The maximum Gasteiger partial charge on any atom is 0.260 e. The molecule has 1 amide bonds. The Hall–Kier alpha value is -2.25. The van der Waals surface area contributed by atoms with Crippen LogP contribution in [0.5, 0.6) is 11.5 Å². The number of ether oxygens (including phenoxy) is 2. The van der Waals surface area contributed by atoms with Crippen LogP contribution in [0.3, 0.4) is 0 Å². The molecule has 0 atom stereocenters. The number of halogens is 1. The third-order valence-corrected chi connectivity index (χ3v) is 6.56. The zero-order chi connectivity index (χ0) is 18.7. The maximum absolute atomic E-state index is 12.5. The van der Waals surface area contributed by atoms with E-state index < -0.39 is 15.1 Å². The summed E-state index contributed by atoms with van der Waals surface area (Å²) in [4.78, 5) is 13.9. The molecule has 1 heterocycles. The first-order valence-electron chi connectivity index (χ1n) is 7.95. The molecule has 26 heavy (non-hydrogen) atoms. The van der Waals surface area contributed by atoms with Crippen LogP contribution in [0, 0.1) is 0 Å². The van der Waals surface area contributed by atoms with Gasteiger partial charge in [0.15, 0.2) is 27.9 Å². The molecule has 0 bridgehead atoms. The molecule has 2 aromatic rings. The van der Waals surface area contributed by atoms with Gasteiger partial charge in [-0.05, 0) is 36.4 Å².